The number of hydrogen-bond donors (Lipinski definition) is 0. The molecule has 0 amide bonds. The fourth-order valence-corrected chi connectivity index (χ4v) is 1.97. The molecule has 0 aliphatic rings. The van der Waals surface area contributed by atoms with Gasteiger partial charge < -0.3 is 4.74 Å². The third-order valence-corrected chi connectivity index (χ3v) is 2.74. The lowest BCUT2D eigenvalue weighted by atomic mass is 10.1. The lowest BCUT2D eigenvalue weighted by Crippen LogP contribution is -1.84. The first-order valence-corrected chi connectivity index (χ1v) is 5.59. The summed E-state index contributed by atoms with van der Waals surface area (Å²) in [6.07, 6.45) is 0. The van der Waals surface area contributed by atoms with Gasteiger partial charge in [-0.3, -0.25) is 0 Å². The molecule has 0 unspecified atom stereocenters. The average molecular weight is 281 g/mol. The summed E-state index contributed by atoms with van der Waals surface area (Å²) in [4.78, 5) is 0. The van der Waals surface area contributed by atoms with Crippen LogP contribution in [0.2, 0.25) is 0 Å². The number of ether oxygens (including phenoxy) is 1. The molecule has 2 aromatic rings. The van der Waals surface area contributed by atoms with Crippen molar-refractivity contribution in [3.05, 3.63) is 52.8 Å². The smallest absolute Gasteiger partial charge is 0.124 e. The summed E-state index contributed by atoms with van der Waals surface area (Å²) in [6, 6.07) is 12.3. The SMILES string of the molecule is COc1ccc(-c2cc(F)cc(Br)c2)cc1. The molecule has 0 N–H and O–H groups in total. The molecule has 0 spiro atoms. The first-order chi connectivity index (χ1) is 7.69. The van der Waals surface area contributed by atoms with E-state index in [4.69, 9.17) is 4.74 Å². The topological polar surface area (TPSA) is 9.23 Å². The maximum absolute atomic E-state index is 13.2. The molecule has 0 aromatic heterocycles. The van der Waals surface area contributed by atoms with Gasteiger partial charge in [0.05, 0.1) is 7.11 Å². The minimum atomic E-state index is -0.250. The van der Waals surface area contributed by atoms with Crippen LogP contribution in [0.15, 0.2) is 46.9 Å². The van der Waals surface area contributed by atoms with Crippen molar-refractivity contribution < 1.29 is 9.13 Å². The standard InChI is InChI=1S/C13H10BrFO/c1-16-13-4-2-9(3-5-13)10-6-11(14)8-12(15)7-10/h2-8H,1H3. The molecule has 3 heteroatoms. The second-order valence-electron chi connectivity index (χ2n) is 3.39. The quantitative estimate of drug-likeness (QED) is 0.799. The van der Waals surface area contributed by atoms with Crippen LogP contribution in [0.25, 0.3) is 11.1 Å². The molecule has 0 heterocycles. The van der Waals surface area contributed by atoms with E-state index in [0.717, 1.165) is 21.3 Å². The Morgan fingerprint density at radius 1 is 1.00 bits per heavy atom. The average Bonchev–Trinajstić information content (AvgIpc) is 2.28. The van der Waals surface area contributed by atoms with Crippen molar-refractivity contribution in [1.82, 2.24) is 0 Å². The summed E-state index contributed by atoms with van der Waals surface area (Å²) in [7, 11) is 1.62. The molecule has 0 radical (unpaired) electrons. The molecule has 2 rings (SSSR count). The van der Waals surface area contributed by atoms with Gasteiger partial charge in [-0.15, -0.1) is 0 Å². The number of hydrogen-bond acceptors (Lipinski definition) is 1. The zero-order valence-electron chi connectivity index (χ0n) is 8.71. The maximum atomic E-state index is 13.2. The molecule has 1 nitrogen and oxygen atoms in total. The van der Waals surface area contributed by atoms with Gasteiger partial charge in [0, 0.05) is 4.47 Å². The van der Waals surface area contributed by atoms with Gasteiger partial charge in [0.25, 0.3) is 0 Å². The van der Waals surface area contributed by atoms with Crippen molar-refractivity contribution in [2.75, 3.05) is 7.11 Å². The number of methoxy groups -OCH3 is 1. The Hall–Kier alpha value is -1.35. The van der Waals surface area contributed by atoms with E-state index < -0.39 is 0 Å². The first kappa shape index (κ1) is 11.1. The monoisotopic (exact) mass is 280 g/mol. The van der Waals surface area contributed by atoms with Crippen molar-refractivity contribution in [3.8, 4) is 16.9 Å². The molecule has 0 aliphatic carbocycles. The van der Waals surface area contributed by atoms with E-state index in [9.17, 15) is 4.39 Å². The summed E-state index contributed by atoms with van der Waals surface area (Å²) in [5.41, 5.74) is 1.80. The van der Waals surface area contributed by atoms with Gasteiger partial charge in [-0.05, 0) is 41.5 Å². The van der Waals surface area contributed by atoms with E-state index in [-0.39, 0.29) is 5.82 Å². The summed E-state index contributed by atoms with van der Waals surface area (Å²) >= 11 is 3.27. The number of halogens is 2. The molecular weight excluding hydrogens is 271 g/mol. The highest BCUT2D eigenvalue weighted by molar-refractivity contribution is 9.10. The van der Waals surface area contributed by atoms with E-state index in [0.29, 0.717) is 0 Å². The summed E-state index contributed by atoms with van der Waals surface area (Å²) in [5.74, 6) is 0.541. The number of rotatable bonds is 2. The Bertz CT molecular complexity index is 474. The van der Waals surface area contributed by atoms with E-state index in [1.807, 2.05) is 30.3 Å². The largest absolute Gasteiger partial charge is 0.497 e. The van der Waals surface area contributed by atoms with Gasteiger partial charge in [-0.25, -0.2) is 4.39 Å². The molecule has 0 saturated heterocycles. The molecule has 0 fully saturated rings. The second kappa shape index (κ2) is 4.66. The lowest BCUT2D eigenvalue weighted by Gasteiger charge is -2.04. The summed E-state index contributed by atoms with van der Waals surface area (Å²) < 4.78 is 19.0. The molecule has 0 bridgehead atoms. The number of benzene rings is 2. The summed E-state index contributed by atoms with van der Waals surface area (Å²) in [5, 5.41) is 0. The molecular formula is C13H10BrFO. The van der Waals surface area contributed by atoms with Crippen LogP contribution in [0, 0.1) is 5.82 Å². The minimum Gasteiger partial charge on any atom is -0.497 e. The molecule has 0 aliphatic heterocycles. The summed E-state index contributed by atoms with van der Waals surface area (Å²) in [6.45, 7) is 0. The van der Waals surface area contributed by atoms with Crippen molar-refractivity contribution in [3.63, 3.8) is 0 Å². The Labute approximate surface area is 102 Å². The highest BCUT2D eigenvalue weighted by atomic mass is 79.9. The van der Waals surface area contributed by atoms with Crippen LogP contribution in [-0.4, -0.2) is 7.11 Å². The molecule has 0 saturated carbocycles. The molecule has 0 atom stereocenters. The van der Waals surface area contributed by atoms with Gasteiger partial charge in [0.2, 0.25) is 0 Å². The van der Waals surface area contributed by atoms with Crippen molar-refractivity contribution in [1.29, 1.82) is 0 Å². The Balaban J connectivity index is 2.42. The third-order valence-electron chi connectivity index (χ3n) is 2.29. The van der Waals surface area contributed by atoms with Crippen LogP contribution in [0.3, 0.4) is 0 Å². The van der Waals surface area contributed by atoms with Crippen LogP contribution in [-0.2, 0) is 0 Å². The Morgan fingerprint density at radius 3 is 2.25 bits per heavy atom. The van der Waals surface area contributed by atoms with E-state index >= 15 is 0 Å². The van der Waals surface area contributed by atoms with Gasteiger partial charge >= 0.3 is 0 Å². The highest BCUT2D eigenvalue weighted by Gasteiger charge is 2.02. The van der Waals surface area contributed by atoms with Crippen LogP contribution >= 0.6 is 15.9 Å². The highest BCUT2D eigenvalue weighted by Crippen LogP contribution is 2.26. The fraction of sp³-hybridized carbons (Fsp3) is 0.0769. The van der Waals surface area contributed by atoms with Gasteiger partial charge in [0.1, 0.15) is 11.6 Å². The van der Waals surface area contributed by atoms with E-state index in [2.05, 4.69) is 15.9 Å². The zero-order chi connectivity index (χ0) is 11.5. The second-order valence-corrected chi connectivity index (χ2v) is 4.30. The predicted molar refractivity (Wildman–Crippen MR) is 66.1 cm³/mol. The Kier molecular flexibility index (Phi) is 3.25. The van der Waals surface area contributed by atoms with Crippen molar-refractivity contribution >= 4 is 15.9 Å². The zero-order valence-corrected chi connectivity index (χ0v) is 10.3. The molecule has 16 heavy (non-hydrogen) atoms. The van der Waals surface area contributed by atoms with Crippen molar-refractivity contribution in [2.45, 2.75) is 0 Å². The van der Waals surface area contributed by atoms with Gasteiger partial charge in [-0.1, -0.05) is 28.1 Å². The van der Waals surface area contributed by atoms with E-state index in [1.54, 1.807) is 7.11 Å². The molecule has 82 valence electrons. The fourth-order valence-electron chi connectivity index (χ4n) is 1.50. The first-order valence-electron chi connectivity index (χ1n) is 4.79. The van der Waals surface area contributed by atoms with Gasteiger partial charge in [-0.2, -0.15) is 0 Å². The normalized spacial score (nSPS) is 10.2. The van der Waals surface area contributed by atoms with Gasteiger partial charge in [0.15, 0.2) is 0 Å². The predicted octanol–water partition coefficient (Wildman–Crippen LogP) is 4.26. The van der Waals surface area contributed by atoms with Crippen LogP contribution in [0.1, 0.15) is 0 Å². The lowest BCUT2D eigenvalue weighted by molar-refractivity contribution is 0.415. The van der Waals surface area contributed by atoms with Crippen LogP contribution in [0.5, 0.6) is 5.75 Å². The minimum absolute atomic E-state index is 0.250. The Morgan fingerprint density at radius 2 is 1.69 bits per heavy atom. The van der Waals surface area contributed by atoms with E-state index in [1.165, 1.54) is 12.1 Å². The maximum Gasteiger partial charge on any atom is 0.124 e. The van der Waals surface area contributed by atoms with Crippen LogP contribution < -0.4 is 4.74 Å². The third kappa shape index (κ3) is 2.42. The van der Waals surface area contributed by atoms with Crippen LogP contribution in [0.4, 0.5) is 4.39 Å². The molecule has 2 aromatic carbocycles. The van der Waals surface area contributed by atoms with Crippen molar-refractivity contribution in [2.24, 2.45) is 0 Å².